The van der Waals surface area contributed by atoms with E-state index in [0.29, 0.717) is 41.9 Å². The second kappa shape index (κ2) is 6.15. The molecule has 2 bridgehead atoms. The fourth-order valence-electron chi connectivity index (χ4n) is 5.01. The summed E-state index contributed by atoms with van der Waals surface area (Å²) >= 11 is 0. The van der Waals surface area contributed by atoms with Gasteiger partial charge in [-0.2, -0.15) is 10.2 Å². The second-order valence-electron chi connectivity index (χ2n) is 7.64. The number of carbonyl (C=O) groups excluding carboxylic acids is 3. The Morgan fingerprint density at radius 2 is 2.17 bits per heavy atom. The fourth-order valence-corrected chi connectivity index (χ4v) is 5.01. The molecule has 9 nitrogen and oxygen atoms in total. The molecular weight excluding hydrogens is 374 g/mol. The highest BCUT2D eigenvalue weighted by molar-refractivity contribution is 6.22. The van der Waals surface area contributed by atoms with Crippen molar-refractivity contribution in [3.8, 4) is 6.07 Å². The number of piperazine rings is 1. The molecule has 4 heterocycles. The van der Waals surface area contributed by atoms with Gasteiger partial charge in [0.2, 0.25) is 5.78 Å². The minimum Gasteiger partial charge on any atom is -0.377 e. The van der Waals surface area contributed by atoms with Crippen LogP contribution in [0.1, 0.15) is 5.56 Å². The van der Waals surface area contributed by atoms with Crippen molar-refractivity contribution in [3.63, 3.8) is 0 Å². The molecule has 3 aliphatic heterocycles. The molecule has 2 aromatic rings. The standard InChI is InChI=1S/C20H18N5O4/c1-29-10-17(26)15-8-23-9-16-19(27)24(20(28)25(15,16)11-23)14-5-4-12(7-21)18-13(14)3-2-6-22-18/h2-6,15-16H,8-11H2,1H3/q+1. The van der Waals surface area contributed by atoms with Gasteiger partial charge >= 0.3 is 6.03 Å². The molecule has 0 saturated carbocycles. The lowest BCUT2D eigenvalue weighted by Gasteiger charge is -2.32. The maximum Gasteiger partial charge on any atom is 0.433 e. The molecule has 0 aliphatic carbocycles. The van der Waals surface area contributed by atoms with E-state index >= 15 is 0 Å². The lowest BCUT2D eigenvalue weighted by atomic mass is 10.1. The molecule has 29 heavy (non-hydrogen) atoms. The van der Waals surface area contributed by atoms with E-state index in [4.69, 9.17) is 4.74 Å². The minimum atomic E-state index is -0.613. The van der Waals surface area contributed by atoms with Crippen LogP contribution < -0.4 is 4.90 Å². The quantitative estimate of drug-likeness (QED) is 0.555. The lowest BCUT2D eigenvalue weighted by Crippen LogP contribution is -2.62. The molecule has 1 spiro atoms. The zero-order valence-corrected chi connectivity index (χ0v) is 15.7. The Hall–Kier alpha value is -3.19. The number of imide groups is 1. The molecule has 4 unspecified atom stereocenters. The number of nitriles is 1. The minimum absolute atomic E-state index is 0.0869. The Balaban J connectivity index is 1.64. The molecule has 3 aliphatic rings. The highest BCUT2D eigenvalue weighted by Gasteiger charge is 2.73. The number of aromatic nitrogens is 1. The van der Waals surface area contributed by atoms with Crippen LogP contribution in [-0.2, 0) is 14.3 Å². The van der Waals surface area contributed by atoms with Crippen molar-refractivity contribution in [1.82, 2.24) is 9.88 Å². The Labute approximate surface area is 166 Å². The third-order valence-corrected chi connectivity index (χ3v) is 6.23. The number of urea groups is 1. The van der Waals surface area contributed by atoms with Gasteiger partial charge in [0.15, 0.2) is 12.1 Å². The third-order valence-electron chi connectivity index (χ3n) is 6.23. The number of rotatable bonds is 4. The predicted octanol–water partition coefficient (Wildman–Crippen LogP) is 0.629. The highest BCUT2D eigenvalue weighted by Crippen LogP contribution is 2.44. The van der Waals surface area contributed by atoms with Crippen LogP contribution >= 0.6 is 0 Å². The van der Waals surface area contributed by atoms with Crippen molar-refractivity contribution in [3.05, 3.63) is 36.0 Å². The van der Waals surface area contributed by atoms with Gasteiger partial charge in [0.1, 0.15) is 19.3 Å². The SMILES string of the molecule is COCC(=O)C1CN2CC3C(=O)N(c4ccc(C#N)c5ncccc45)C(=O)[N+]13C2. The first kappa shape index (κ1) is 17.9. The molecule has 146 valence electrons. The topological polar surface area (TPSA) is 104 Å². The van der Waals surface area contributed by atoms with Crippen molar-refractivity contribution >= 4 is 34.3 Å². The normalized spacial score (nSPS) is 30.1. The molecular formula is C20H18N5O4+. The average molecular weight is 392 g/mol. The van der Waals surface area contributed by atoms with Crippen LogP contribution in [0.3, 0.4) is 0 Å². The van der Waals surface area contributed by atoms with E-state index in [2.05, 4.69) is 11.1 Å². The van der Waals surface area contributed by atoms with Crippen LogP contribution in [-0.4, -0.2) is 77.6 Å². The Kier molecular flexibility index (Phi) is 3.79. The van der Waals surface area contributed by atoms with Crippen molar-refractivity contribution in [1.29, 1.82) is 5.26 Å². The van der Waals surface area contributed by atoms with E-state index in [0.717, 1.165) is 0 Å². The number of ketones is 1. The van der Waals surface area contributed by atoms with E-state index in [9.17, 15) is 19.6 Å². The van der Waals surface area contributed by atoms with Crippen LogP contribution in [0.2, 0.25) is 0 Å². The molecule has 9 heteroatoms. The molecule has 3 fully saturated rings. The number of anilines is 1. The van der Waals surface area contributed by atoms with E-state index in [-0.39, 0.29) is 22.8 Å². The summed E-state index contributed by atoms with van der Waals surface area (Å²) in [5.41, 5.74) is 1.21. The Morgan fingerprint density at radius 3 is 2.93 bits per heavy atom. The fraction of sp³-hybridized carbons (Fsp3) is 0.350. The summed E-state index contributed by atoms with van der Waals surface area (Å²) < 4.78 is 4.81. The largest absolute Gasteiger partial charge is 0.433 e. The first-order valence-corrected chi connectivity index (χ1v) is 9.30. The molecule has 3 saturated heterocycles. The van der Waals surface area contributed by atoms with Crippen LogP contribution in [0.5, 0.6) is 0 Å². The maximum atomic E-state index is 13.7. The summed E-state index contributed by atoms with van der Waals surface area (Å²) in [5, 5.41) is 9.92. The highest BCUT2D eigenvalue weighted by atomic mass is 16.5. The summed E-state index contributed by atoms with van der Waals surface area (Å²) in [5.74, 6) is -0.490. The van der Waals surface area contributed by atoms with Gasteiger partial charge in [-0.25, -0.2) is 14.2 Å². The summed E-state index contributed by atoms with van der Waals surface area (Å²) in [7, 11) is 1.44. The smallest absolute Gasteiger partial charge is 0.377 e. The number of amides is 3. The number of nitrogens with zero attached hydrogens (tertiary/aromatic N) is 5. The lowest BCUT2D eigenvalue weighted by molar-refractivity contribution is -0.852. The maximum absolute atomic E-state index is 13.7. The van der Waals surface area contributed by atoms with Gasteiger partial charge in [-0.05, 0) is 24.3 Å². The number of carbonyl (C=O) groups is 3. The molecule has 0 N–H and O–H groups in total. The molecule has 5 rings (SSSR count). The monoisotopic (exact) mass is 392 g/mol. The first-order chi connectivity index (χ1) is 14.0. The van der Waals surface area contributed by atoms with Crippen LogP contribution in [0.4, 0.5) is 10.5 Å². The van der Waals surface area contributed by atoms with Crippen molar-refractivity contribution < 1.29 is 23.6 Å². The summed E-state index contributed by atoms with van der Waals surface area (Å²) in [4.78, 5) is 47.1. The van der Waals surface area contributed by atoms with Crippen molar-refractivity contribution in [2.24, 2.45) is 0 Å². The molecule has 3 amide bonds. The number of ether oxygens (including phenoxy) is 1. The summed E-state index contributed by atoms with van der Waals surface area (Å²) in [6.45, 7) is 1.15. The molecule has 4 atom stereocenters. The first-order valence-electron chi connectivity index (χ1n) is 9.30. The van der Waals surface area contributed by atoms with Gasteiger partial charge in [0.25, 0.3) is 5.91 Å². The molecule has 1 aromatic carbocycles. The number of quaternary nitrogens is 1. The number of methoxy groups -OCH3 is 1. The number of pyridine rings is 1. The second-order valence-corrected chi connectivity index (χ2v) is 7.64. The number of Topliss-reactive ketones (excluding diaryl/α,β-unsaturated/α-hetero) is 1. The third kappa shape index (κ3) is 2.19. The average Bonchev–Trinajstić information content (AvgIpc) is 3.36. The Morgan fingerprint density at radius 1 is 1.34 bits per heavy atom. The van der Waals surface area contributed by atoms with Gasteiger partial charge in [-0.1, -0.05) is 0 Å². The number of fused-ring (bicyclic) bond motifs is 2. The van der Waals surface area contributed by atoms with E-state index < -0.39 is 18.1 Å². The van der Waals surface area contributed by atoms with E-state index in [1.807, 2.05) is 4.90 Å². The number of hydrogen-bond donors (Lipinski definition) is 0. The van der Waals surface area contributed by atoms with Crippen LogP contribution in [0, 0.1) is 11.3 Å². The van der Waals surface area contributed by atoms with E-state index in [1.165, 1.54) is 12.0 Å². The van der Waals surface area contributed by atoms with Gasteiger partial charge < -0.3 is 4.74 Å². The van der Waals surface area contributed by atoms with Gasteiger partial charge in [0, 0.05) is 18.7 Å². The van der Waals surface area contributed by atoms with Crippen molar-refractivity contribution in [2.45, 2.75) is 12.1 Å². The van der Waals surface area contributed by atoms with Gasteiger partial charge in [0.05, 0.1) is 29.9 Å². The summed E-state index contributed by atoms with van der Waals surface area (Å²) in [6.07, 6.45) is 1.57. The molecule has 1 aromatic heterocycles. The van der Waals surface area contributed by atoms with Crippen LogP contribution in [0.15, 0.2) is 30.5 Å². The van der Waals surface area contributed by atoms with E-state index in [1.54, 1.807) is 30.5 Å². The predicted molar refractivity (Wildman–Crippen MR) is 100 cm³/mol. The van der Waals surface area contributed by atoms with Gasteiger partial charge in [-0.15, -0.1) is 0 Å². The zero-order chi connectivity index (χ0) is 20.3. The molecule has 0 radical (unpaired) electrons. The van der Waals surface area contributed by atoms with Crippen molar-refractivity contribution in [2.75, 3.05) is 38.4 Å². The number of hydrogen-bond acceptors (Lipinski definition) is 7. The van der Waals surface area contributed by atoms with Crippen LogP contribution in [0.25, 0.3) is 10.9 Å². The summed E-state index contributed by atoms with van der Waals surface area (Å²) in [6, 6.07) is 7.10. The van der Waals surface area contributed by atoms with Gasteiger partial charge in [-0.3, -0.25) is 14.6 Å². The number of benzene rings is 1. The zero-order valence-electron chi connectivity index (χ0n) is 15.7. The Bertz CT molecular complexity index is 1130.